The molecule has 0 fully saturated rings. The van der Waals surface area contributed by atoms with E-state index in [2.05, 4.69) is 29.5 Å². The zero-order chi connectivity index (χ0) is 5.86. The van der Waals surface area contributed by atoms with Gasteiger partial charge in [0.05, 0.1) is 0 Å². The summed E-state index contributed by atoms with van der Waals surface area (Å²) in [6, 6.07) is 0.358. The predicted octanol–water partition coefficient (Wildman–Crippen LogP) is 1.40. The van der Waals surface area contributed by atoms with Gasteiger partial charge in [0, 0.05) is 10.5 Å². The Morgan fingerprint density at radius 1 is 1.57 bits per heavy atom. The van der Waals surface area contributed by atoms with E-state index in [0.717, 1.165) is 4.43 Å². The van der Waals surface area contributed by atoms with Gasteiger partial charge in [-0.15, -0.1) is 0 Å². The molecule has 0 aromatic rings. The molecular weight excluding hydrogens is 201 g/mol. The molecule has 0 saturated heterocycles. The Balaban J connectivity index is 3.14. The van der Waals surface area contributed by atoms with Crippen molar-refractivity contribution in [2.75, 3.05) is 4.43 Å². The van der Waals surface area contributed by atoms with Crippen LogP contribution in [0.4, 0.5) is 0 Å². The standard InChI is InChI=1S/C5H12IN/c1-4(3-6)5(2)7/h4-5H,3,7H2,1-2H3. The van der Waals surface area contributed by atoms with E-state index in [0.29, 0.717) is 12.0 Å². The van der Waals surface area contributed by atoms with Crippen LogP contribution in [0.5, 0.6) is 0 Å². The summed E-state index contributed by atoms with van der Waals surface area (Å²) in [5, 5.41) is 0. The summed E-state index contributed by atoms with van der Waals surface area (Å²) in [4.78, 5) is 0. The van der Waals surface area contributed by atoms with Crippen molar-refractivity contribution < 1.29 is 0 Å². The van der Waals surface area contributed by atoms with Crippen LogP contribution in [0.1, 0.15) is 13.8 Å². The third-order valence-corrected chi connectivity index (χ3v) is 2.53. The molecule has 2 atom stereocenters. The van der Waals surface area contributed by atoms with Gasteiger partial charge in [-0.05, 0) is 12.8 Å². The molecule has 2 heteroatoms. The van der Waals surface area contributed by atoms with Crippen molar-refractivity contribution in [3.8, 4) is 0 Å². The highest BCUT2D eigenvalue weighted by atomic mass is 127. The van der Waals surface area contributed by atoms with Crippen LogP contribution < -0.4 is 5.73 Å². The van der Waals surface area contributed by atoms with Crippen LogP contribution in [0.15, 0.2) is 0 Å². The van der Waals surface area contributed by atoms with Crippen molar-refractivity contribution in [1.82, 2.24) is 0 Å². The van der Waals surface area contributed by atoms with Gasteiger partial charge < -0.3 is 5.73 Å². The first-order valence-corrected chi connectivity index (χ1v) is 4.02. The monoisotopic (exact) mass is 213 g/mol. The van der Waals surface area contributed by atoms with Gasteiger partial charge in [0.25, 0.3) is 0 Å². The molecule has 0 aliphatic rings. The fourth-order valence-corrected chi connectivity index (χ4v) is 0.943. The molecule has 2 unspecified atom stereocenters. The molecule has 0 amide bonds. The topological polar surface area (TPSA) is 26.0 Å². The molecule has 0 spiro atoms. The Bertz CT molecular complexity index is 45.3. The third kappa shape index (κ3) is 3.29. The van der Waals surface area contributed by atoms with Crippen LogP contribution >= 0.6 is 22.6 Å². The molecule has 0 saturated carbocycles. The Morgan fingerprint density at radius 3 is 2.00 bits per heavy atom. The average Bonchev–Trinajstić information content (AvgIpc) is 1.65. The Labute approximate surface area is 58.8 Å². The van der Waals surface area contributed by atoms with Gasteiger partial charge in [-0.25, -0.2) is 0 Å². The molecular formula is C5H12IN. The minimum Gasteiger partial charge on any atom is -0.328 e. The molecule has 0 aliphatic carbocycles. The maximum absolute atomic E-state index is 5.54. The number of alkyl halides is 1. The van der Waals surface area contributed by atoms with Gasteiger partial charge in [0.2, 0.25) is 0 Å². The predicted molar refractivity (Wildman–Crippen MR) is 41.7 cm³/mol. The summed E-state index contributed by atoms with van der Waals surface area (Å²) in [6.07, 6.45) is 0. The normalized spacial score (nSPS) is 18.9. The van der Waals surface area contributed by atoms with Crippen LogP contribution in [0.25, 0.3) is 0 Å². The fraction of sp³-hybridized carbons (Fsp3) is 1.00. The smallest absolute Gasteiger partial charge is 0.00434 e. The van der Waals surface area contributed by atoms with Crippen LogP contribution in [-0.2, 0) is 0 Å². The summed E-state index contributed by atoms with van der Waals surface area (Å²) in [5.74, 6) is 0.667. The van der Waals surface area contributed by atoms with Crippen LogP contribution in [0, 0.1) is 5.92 Å². The van der Waals surface area contributed by atoms with E-state index in [1.54, 1.807) is 0 Å². The molecule has 0 aromatic heterocycles. The second kappa shape index (κ2) is 3.66. The molecule has 2 N–H and O–H groups in total. The van der Waals surface area contributed by atoms with Crippen molar-refractivity contribution in [2.24, 2.45) is 11.7 Å². The number of hydrogen-bond donors (Lipinski definition) is 1. The number of nitrogens with two attached hydrogens (primary N) is 1. The van der Waals surface area contributed by atoms with Crippen LogP contribution in [0.2, 0.25) is 0 Å². The van der Waals surface area contributed by atoms with Crippen molar-refractivity contribution in [1.29, 1.82) is 0 Å². The zero-order valence-corrected chi connectivity index (χ0v) is 6.97. The van der Waals surface area contributed by atoms with Crippen molar-refractivity contribution >= 4 is 22.6 Å². The van der Waals surface area contributed by atoms with Crippen LogP contribution in [0.3, 0.4) is 0 Å². The lowest BCUT2D eigenvalue weighted by molar-refractivity contribution is 0.544. The second-order valence-corrected chi connectivity index (χ2v) is 2.87. The first kappa shape index (κ1) is 7.69. The van der Waals surface area contributed by atoms with E-state index >= 15 is 0 Å². The van der Waals surface area contributed by atoms with Gasteiger partial charge >= 0.3 is 0 Å². The number of hydrogen-bond acceptors (Lipinski definition) is 1. The van der Waals surface area contributed by atoms with E-state index in [1.807, 2.05) is 6.92 Å². The lowest BCUT2D eigenvalue weighted by Crippen LogP contribution is -2.24. The first-order valence-electron chi connectivity index (χ1n) is 2.50. The van der Waals surface area contributed by atoms with Crippen molar-refractivity contribution in [3.05, 3.63) is 0 Å². The van der Waals surface area contributed by atoms with E-state index in [4.69, 9.17) is 5.73 Å². The highest BCUT2D eigenvalue weighted by Gasteiger charge is 2.02. The highest BCUT2D eigenvalue weighted by molar-refractivity contribution is 14.1. The Kier molecular flexibility index (Phi) is 4.02. The molecule has 7 heavy (non-hydrogen) atoms. The Hall–Kier alpha value is 0.690. The Morgan fingerprint density at radius 2 is 2.00 bits per heavy atom. The fourth-order valence-electron chi connectivity index (χ4n) is 0.141. The molecule has 0 heterocycles. The summed E-state index contributed by atoms with van der Waals surface area (Å²) < 4.78 is 1.16. The summed E-state index contributed by atoms with van der Waals surface area (Å²) in [5.41, 5.74) is 5.54. The van der Waals surface area contributed by atoms with E-state index in [1.165, 1.54) is 0 Å². The van der Waals surface area contributed by atoms with Gasteiger partial charge in [0.15, 0.2) is 0 Å². The summed E-state index contributed by atoms with van der Waals surface area (Å²) >= 11 is 2.35. The van der Waals surface area contributed by atoms with E-state index in [9.17, 15) is 0 Å². The molecule has 0 bridgehead atoms. The minimum absolute atomic E-state index is 0.358. The third-order valence-electron chi connectivity index (χ3n) is 1.14. The molecule has 0 rings (SSSR count). The van der Waals surface area contributed by atoms with E-state index in [-0.39, 0.29) is 0 Å². The second-order valence-electron chi connectivity index (χ2n) is 1.99. The van der Waals surface area contributed by atoms with Gasteiger partial charge in [-0.2, -0.15) is 0 Å². The maximum atomic E-state index is 5.54. The molecule has 1 nitrogen and oxygen atoms in total. The van der Waals surface area contributed by atoms with Crippen molar-refractivity contribution in [3.63, 3.8) is 0 Å². The molecule has 0 aliphatic heterocycles. The number of halogens is 1. The SMILES string of the molecule is CC(N)C(C)CI. The molecule has 0 radical (unpaired) electrons. The summed E-state index contributed by atoms with van der Waals surface area (Å²) in [6.45, 7) is 4.21. The largest absolute Gasteiger partial charge is 0.328 e. The minimum atomic E-state index is 0.358. The van der Waals surface area contributed by atoms with Gasteiger partial charge in [0.1, 0.15) is 0 Å². The van der Waals surface area contributed by atoms with E-state index < -0.39 is 0 Å². The lowest BCUT2D eigenvalue weighted by Gasteiger charge is -2.09. The van der Waals surface area contributed by atoms with Crippen LogP contribution in [-0.4, -0.2) is 10.5 Å². The quantitative estimate of drug-likeness (QED) is 0.544. The molecule has 44 valence electrons. The first-order chi connectivity index (χ1) is 3.18. The zero-order valence-electron chi connectivity index (χ0n) is 4.82. The average molecular weight is 213 g/mol. The summed E-state index contributed by atoms with van der Waals surface area (Å²) in [7, 11) is 0. The van der Waals surface area contributed by atoms with Gasteiger partial charge in [-0.3, -0.25) is 0 Å². The van der Waals surface area contributed by atoms with Gasteiger partial charge in [-0.1, -0.05) is 29.5 Å². The van der Waals surface area contributed by atoms with Crippen molar-refractivity contribution in [2.45, 2.75) is 19.9 Å². The highest BCUT2D eigenvalue weighted by Crippen LogP contribution is 2.02. The maximum Gasteiger partial charge on any atom is 0.00434 e. The lowest BCUT2D eigenvalue weighted by atomic mass is 10.1. The number of rotatable bonds is 2. The molecule has 0 aromatic carbocycles.